The molecule has 1 aromatic rings. The van der Waals surface area contributed by atoms with Gasteiger partial charge in [-0.3, -0.25) is 4.79 Å². The first-order valence-corrected chi connectivity index (χ1v) is 6.21. The van der Waals surface area contributed by atoms with Gasteiger partial charge in [-0.1, -0.05) is 24.4 Å². The van der Waals surface area contributed by atoms with Crippen molar-refractivity contribution in [3.8, 4) is 0 Å². The average Bonchev–Trinajstić information content (AvgIpc) is 2.28. The standard InChI is InChI=1S/C13H17ClFNO/c14-10-6-7-11(12(15)9-10)13(17)5-3-1-2-4-8-16/h6-7,9H,1-5,8,16H2. The zero-order valence-corrected chi connectivity index (χ0v) is 10.5. The topological polar surface area (TPSA) is 43.1 Å². The quantitative estimate of drug-likeness (QED) is 0.599. The van der Waals surface area contributed by atoms with Crippen LogP contribution in [0, 0.1) is 5.82 Å². The average molecular weight is 258 g/mol. The number of unbranched alkanes of at least 4 members (excludes halogenated alkanes) is 3. The van der Waals surface area contributed by atoms with Crippen LogP contribution in [-0.4, -0.2) is 12.3 Å². The number of ketones is 1. The summed E-state index contributed by atoms with van der Waals surface area (Å²) in [4.78, 5) is 11.7. The van der Waals surface area contributed by atoms with Gasteiger partial charge in [0.2, 0.25) is 0 Å². The maximum atomic E-state index is 13.4. The van der Waals surface area contributed by atoms with Gasteiger partial charge in [0.05, 0.1) is 5.56 Å². The van der Waals surface area contributed by atoms with Gasteiger partial charge in [-0.05, 0) is 37.6 Å². The monoisotopic (exact) mass is 257 g/mol. The first-order chi connectivity index (χ1) is 8.15. The molecule has 0 bridgehead atoms. The SMILES string of the molecule is NCCCCCCC(=O)c1ccc(Cl)cc1F. The van der Waals surface area contributed by atoms with Crippen molar-refractivity contribution in [2.24, 2.45) is 5.73 Å². The molecule has 0 saturated heterocycles. The molecule has 2 nitrogen and oxygen atoms in total. The van der Waals surface area contributed by atoms with Crippen molar-refractivity contribution in [2.75, 3.05) is 6.54 Å². The summed E-state index contributed by atoms with van der Waals surface area (Å²) in [5.41, 5.74) is 5.50. The Hall–Kier alpha value is -0.930. The molecule has 0 aliphatic rings. The Morgan fingerprint density at radius 1 is 1.24 bits per heavy atom. The van der Waals surface area contributed by atoms with Crippen LogP contribution in [0.4, 0.5) is 4.39 Å². The molecule has 4 heteroatoms. The van der Waals surface area contributed by atoms with Gasteiger partial charge in [0.25, 0.3) is 0 Å². The summed E-state index contributed by atoms with van der Waals surface area (Å²) in [6, 6.07) is 4.15. The predicted molar refractivity (Wildman–Crippen MR) is 67.9 cm³/mol. The summed E-state index contributed by atoms with van der Waals surface area (Å²) in [6.07, 6.45) is 4.11. The highest BCUT2D eigenvalue weighted by Crippen LogP contribution is 2.17. The predicted octanol–water partition coefficient (Wildman–Crippen LogP) is 3.57. The van der Waals surface area contributed by atoms with E-state index in [9.17, 15) is 9.18 Å². The van der Waals surface area contributed by atoms with E-state index in [1.165, 1.54) is 18.2 Å². The molecule has 1 aromatic carbocycles. The van der Waals surface area contributed by atoms with Crippen molar-refractivity contribution in [3.05, 3.63) is 34.6 Å². The van der Waals surface area contributed by atoms with E-state index in [-0.39, 0.29) is 11.3 Å². The van der Waals surface area contributed by atoms with Crippen LogP contribution in [0.15, 0.2) is 18.2 Å². The summed E-state index contributed by atoms with van der Waals surface area (Å²) in [5, 5.41) is 0.307. The largest absolute Gasteiger partial charge is 0.330 e. The number of benzene rings is 1. The molecule has 0 heterocycles. The van der Waals surface area contributed by atoms with Crippen molar-refractivity contribution in [2.45, 2.75) is 32.1 Å². The molecule has 0 atom stereocenters. The first kappa shape index (κ1) is 14.1. The van der Waals surface area contributed by atoms with Crippen LogP contribution in [-0.2, 0) is 0 Å². The third kappa shape index (κ3) is 4.84. The number of hydrogen-bond donors (Lipinski definition) is 1. The number of hydrogen-bond acceptors (Lipinski definition) is 2. The van der Waals surface area contributed by atoms with E-state index in [1.807, 2.05) is 0 Å². The Morgan fingerprint density at radius 2 is 1.94 bits per heavy atom. The van der Waals surface area contributed by atoms with E-state index in [0.717, 1.165) is 25.7 Å². The number of halogens is 2. The maximum Gasteiger partial charge on any atom is 0.165 e. The molecule has 0 unspecified atom stereocenters. The first-order valence-electron chi connectivity index (χ1n) is 5.83. The van der Waals surface area contributed by atoms with Crippen molar-refractivity contribution >= 4 is 17.4 Å². The molecule has 94 valence electrons. The molecule has 0 radical (unpaired) electrons. The van der Waals surface area contributed by atoms with Gasteiger partial charge in [0.1, 0.15) is 5.82 Å². The fourth-order valence-corrected chi connectivity index (χ4v) is 1.79. The molecular weight excluding hydrogens is 241 g/mol. The smallest absolute Gasteiger partial charge is 0.165 e. The fourth-order valence-electron chi connectivity index (χ4n) is 1.63. The van der Waals surface area contributed by atoms with Crippen LogP contribution in [0.1, 0.15) is 42.5 Å². The zero-order valence-electron chi connectivity index (χ0n) is 9.72. The van der Waals surface area contributed by atoms with E-state index in [4.69, 9.17) is 17.3 Å². The highest BCUT2D eigenvalue weighted by atomic mass is 35.5. The summed E-state index contributed by atoms with van der Waals surface area (Å²) in [5.74, 6) is -0.698. The minimum atomic E-state index is -0.538. The van der Waals surface area contributed by atoms with Crippen LogP contribution < -0.4 is 5.73 Å². The molecule has 0 fully saturated rings. The second kappa shape index (κ2) is 7.41. The molecular formula is C13H17ClFNO. The minimum Gasteiger partial charge on any atom is -0.330 e. The van der Waals surface area contributed by atoms with Crippen LogP contribution in [0.25, 0.3) is 0 Å². The highest BCUT2D eigenvalue weighted by molar-refractivity contribution is 6.30. The normalized spacial score (nSPS) is 10.5. The molecule has 0 saturated carbocycles. The van der Waals surface area contributed by atoms with Gasteiger partial charge >= 0.3 is 0 Å². The second-order valence-electron chi connectivity index (χ2n) is 4.00. The van der Waals surface area contributed by atoms with Crippen molar-refractivity contribution in [1.29, 1.82) is 0 Å². The Morgan fingerprint density at radius 3 is 2.59 bits per heavy atom. The van der Waals surface area contributed by atoms with Gasteiger partial charge in [-0.25, -0.2) is 4.39 Å². The Bertz CT molecular complexity index is 382. The van der Waals surface area contributed by atoms with Gasteiger partial charge in [-0.15, -0.1) is 0 Å². The van der Waals surface area contributed by atoms with Crippen molar-refractivity contribution in [1.82, 2.24) is 0 Å². The van der Waals surface area contributed by atoms with Crippen LogP contribution in [0.5, 0.6) is 0 Å². The summed E-state index contributed by atoms with van der Waals surface area (Å²) < 4.78 is 13.4. The number of carbonyl (C=O) groups is 1. The lowest BCUT2D eigenvalue weighted by Crippen LogP contribution is -2.03. The number of carbonyl (C=O) groups excluding carboxylic acids is 1. The zero-order chi connectivity index (χ0) is 12.7. The summed E-state index contributed by atoms with van der Waals surface area (Å²) >= 11 is 5.62. The third-order valence-electron chi connectivity index (χ3n) is 2.59. The van der Waals surface area contributed by atoms with Crippen LogP contribution >= 0.6 is 11.6 Å². The Labute approximate surface area is 106 Å². The van der Waals surface area contributed by atoms with Crippen LogP contribution in [0.3, 0.4) is 0 Å². The van der Waals surface area contributed by atoms with Gasteiger partial charge < -0.3 is 5.73 Å². The molecule has 0 aliphatic carbocycles. The van der Waals surface area contributed by atoms with E-state index in [0.29, 0.717) is 18.0 Å². The van der Waals surface area contributed by atoms with E-state index < -0.39 is 5.82 Å². The molecule has 0 spiro atoms. The lowest BCUT2D eigenvalue weighted by molar-refractivity contribution is 0.0975. The Balaban J connectivity index is 2.42. The Kier molecular flexibility index (Phi) is 6.16. The van der Waals surface area contributed by atoms with Crippen molar-refractivity contribution in [3.63, 3.8) is 0 Å². The summed E-state index contributed by atoms with van der Waals surface area (Å²) in [7, 11) is 0. The molecule has 0 aromatic heterocycles. The molecule has 2 N–H and O–H groups in total. The number of nitrogens with two attached hydrogens (primary N) is 1. The molecule has 1 rings (SSSR count). The maximum absolute atomic E-state index is 13.4. The lowest BCUT2D eigenvalue weighted by Gasteiger charge is -2.03. The van der Waals surface area contributed by atoms with E-state index >= 15 is 0 Å². The van der Waals surface area contributed by atoms with E-state index in [2.05, 4.69) is 0 Å². The van der Waals surface area contributed by atoms with Gasteiger partial charge in [0, 0.05) is 11.4 Å². The van der Waals surface area contributed by atoms with Crippen LogP contribution in [0.2, 0.25) is 5.02 Å². The third-order valence-corrected chi connectivity index (χ3v) is 2.82. The second-order valence-corrected chi connectivity index (χ2v) is 4.44. The highest BCUT2D eigenvalue weighted by Gasteiger charge is 2.11. The molecule has 0 amide bonds. The lowest BCUT2D eigenvalue weighted by atomic mass is 10.0. The summed E-state index contributed by atoms with van der Waals surface area (Å²) in [6.45, 7) is 0.680. The molecule has 17 heavy (non-hydrogen) atoms. The minimum absolute atomic E-state index is 0.133. The molecule has 0 aliphatic heterocycles. The van der Waals surface area contributed by atoms with E-state index in [1.54, 1.807) is 0 Å². The fraction of sp³-hybridized carbons (Fsp3) is 0.462. The number of rotatable bonds is 7. The van der Waals surface area contributed by atoms with Gasteiger partial charge in [0.15, 0.2) is 5.78 Å². The van der Waals surface area contributed by atoms with Gasteiger partial charge in [-0.2, -0.15) is 0 Å². The number of Topliss-reactive ketones (excluding diaryl/α,β-unsaturated/α-hetero) is 1. The van der Waals surface area contributed by atoms with Crippen molar-refractivity contribution < 1.29 is 9.18 Å².